The zero-order valence-corrected chi connectivity index (χ0v) is 18.2. The van der Waals surface area contributed by atoms with Crippen molar-refractivity contribution < 1.29 is 24.2 Å². The number of amides is 1. The number of piperidine rings is 1. The number of nitrogens with zero attached hydrogens (tertiary/aromatic N) is 2. The highest BCUT2D eigenvalue weighted by molar-refractivity contribution is 6.03. The van der Waals surface area contributed by atoms with E-state index in [1.54, 1.807) is 36.9 Å². The first-order chi connectivity index (χ1) is 15.2. The molecule has 0 radical (unpaired) electrons. The molecule has 3 aliphatic rings. The standard InChI is InChI=1S/C24H26N2O6/c1-24(2)9-19(28)23-18(27)7-16(8-20(23)32-24)31-13-22(30)25-10-14-6-15(12-25)17-4-3-5-21(29)26(17)11-14/h3-5,7-8,14-15,27H,6,9-13H2,1-2H3/t14-,15-/m0/s1. The summed E-state index contributed by atoms with van der Waals surface area (Å²) in [6, 6.07) is 8.21. The molecule has 5 rings (SSSR count). The van der Waals surface area contributed by atoms with Crippen LogP contribution in [-0.4, -0.2) is 51.6 Å². The van der Waals surface area contributed by atoms with E-state index in [9.17, 15) is 19.5 Å². The summed E-state index contributed by atoms with van der Waals surface area (Å²) in [6.45, 7) is 5.18. The minimum atomic E-state index is -0.672. The molecule has 1 aromatic heterocycles. The molecule has 8 heteroatoms. The predicted octanol–water partition coefficient (Wildman–Crippen LogP) is 2.32. The molecule has 3 aliphatic heterocycles. The van der Waals surface area contributed by atoms with Crippen molar-refractivity contribution in [2.75, 3.05) is 19.7 Å². The Morgan fingerprint density at radius 2 is 2.03 bits per heavy atom. The number of carbonyl (C=O) groups excluding carboxylic acids is 2. The third-order valence-corrected chi connectivity index (χ3v) is 6.50. The fourth-order valence-corrected chi connectivity index (χ4v) is 5.17. The molecule has 2 bridgehead atoms. The van der Waals surface area contributed by atoms with Crippen molar-refractivity contribution in [3.63, 3.8) is 0 Å². The maximum absolute atomic E-state index is 12.9. The van der Waals surface area contributed by atoms with Crippen molar-refractivity contribution >= 4 is 11.7 Å². The molecule has 1 saturated heterocycles. The minimum Gasteiger partial charge on any atom is -0.507 e. The normalized spacial score (nSPS) is 23.1. The maximum Gasteiger partial charge on any atom is 0.260 e. The van der Waals surface area contributed by atoms with Gasteiger partial charge in [-0.25, -0.2) is 0 Å². The van der Waals surface area contributed by atoms with Crippen LogP contribution in [0.15, 0.2) is 35.1 Å². The number of ether oxygens (including phenoxy) is 2. The number of fused-ring (bicyclic) bond motifs is 5. The number of likely N-dealkylation sites (tertiary alicyclic amines) is 1. The van der Waals surface area contributed by atoms with E-state index in [0.717, 1.165) is 12.1 Å². The molecular formula is C24H26N2O6. The van der Waals surface area contributed by atoms with Crippen molar-refractivity contribution in [3.05, 3.63) is 51.9 Å². The van der Waals surface area contributed by atoms with Gasteiger partial charge in [0.15, 0.2) is 12.4 Å². The Hall–Kier alpha value is -3.29. The maximum atomic E-state index is 12.9. The number of carbonyl (C=O) groups is 2. The van der Waals surface area contributed by atoms with E-state index in [1.807, 2.05) is 10.6 Å². The Labute approximate surface area is 185 Å². The fraction of sp³-hybridized carbons (Fsp3) is 0.458. The van der Waals surface area contributed by atoms with Crippen molar-refractivity contribution in [3.8, 4) is 17.2 Å². The Morgan fingerprint density at radius 3 is 2.84 bits per heavy atom. The van der Waals surface area contributed by atoms with E-state index in [1.165, 1.54) is 6.07 Å². The summed E-state index contributed by atoms with van der Waals surface area (Å²) in [4.78, 5) is 39.2. The van der Waals surface area contributed by atoms with E-state index in [2.05, 4.69) is 0 Å². The molecule has 1 fully saturated rings. The van der Waals surface area contributed by atoms with Crippen LogP contribution in [0.4, 0.5) is 0 Å². The zero-order valence-electron chi connectivity index (χ0n) is 18.2. The Balaban J connectivity index is 1.29. The Kier molecular flexibility index (Phi) is 4.76. The van der Waals surface area contributed by atoms with Gasteiger partial charge in [0.2, 0.25) is 0 Å². The summed E-state index contributed by atoms with van der Waals surface area (Å²) < 4.78 is 13.4. The van der Waals surface area contributed by atoms with Gasteiger partial charge in [-0.1, -0.05) is 6.07 Å². The van der Waals surface area contributed by atoms with E-state index in [-0.39, 0.29) is 64.9 Å². The smallest absolute Gasteiger partial charge is 0.260 e. The van der Waals surface area contributed by atoms with Crippen LogP contribution in [0.5, 0.6) is 17.2 Å². The van der Waals surface area contributed by atoms with E-state index >= 15 is 0 Å². The van der Waals surface area contributed by atoms with Crippen molar-refractivity contribution in [1.29, 1.82) is 0 Å². The quantitative estimate of drug-likeness (QED) is 0.790. The van der Waals surface area contributed by atoms with Gasteiger partial charge in [-0.3, -0.25) is 14.4 Å². The highest BCUT2D eigenvalue weighted by Gasteiger charge is 2.37. The number of phenols is 1. The molecule has 0 unspecified atom stereocenters. The molecule has 2 aromatic rings. The lowest BCUT2D eigenvalue weighted by atomic mass is 9.83. The van der Waals surface area contributed by atoms with Crippen molar-refractivity contribution in [1.82, 2.24) is 9.47 Å². The molecular weight excluding hydrogens is 412 g/mol. The summed E-state index contributed by atoms with van der Waals surface area (Å²) in [5, 5.41) is 10.3. The third-order valence-electron chi connectivity index (χ3n) is 6.50. The number of phenolic OH excluding ortho intramolecular Hbond substituents is 1. The fourth-order valence-electron chi connectivity index (χ4n) is 5.17. The number of pyridine rings is 1. The van der Waals surface area contributed by atoms with Gasteiger partial charge in [0, 0.05) is 49.4 Å². The lowest BCUT2D eigenvalue weighted by Gasteiger charge is -2.42. The lowest BCUT2D eigenvalue weighted by molar-refractivity contribution is -0.136. The van der Waals surface area contributed by atoms with E-state index in [0.29, 0.717) is 19.6 Å². The molecule has 1 aromatic carbocycles. The molecule has 4 heterocycles. The Bertz CT molecular complexity index is 1170. The molecule has 0 saturated carbocycles. The SMILES string of the molecule is CC1(C)CC(=O)c2c(O)cc(OCC(=O)N3C[C@@H]4C[C@@H](C3)c3cccc(=O)n3C4)cc2O1. The van der Waals surface area contributed by atoms with Crippen molar-refractivity contribution in [2.24, 2.45) is 5.92 Å². The number of rotatable bonds is 3. The first-order valence-electron chi connectivity index (χ1n) is 10.9. The van der Waals surface area contributed by atoms with Gasteiger partial charge in [-0.15, -0.1) is 0 Å². The van der Waals surface area contributed by atoms with E-state index in [4.69, 9.17) is 9.47 Å². The first kappa shape index (κ1) is 20.6. The van der Waals surface area contributed by atoms with Gasteiger partial charge in [0.25, 0.3) is 11.5 Å². The number of hydrogen-bond acceptors (Lipinski definition) is 6. The largest absolute Gasteiger partial charge is 0.507 e. The number of benzene rings is 1. The molecule has 1 N–H and O–H groups in total. The van der Waals surface area contributed by atoms with Gasteiger partial charge in [0.1, 0.15) is 28.4 Å². The second-order valence-electron chi connectivity index (χ2n) is 9.56. The van der Waals surface area contributed by atoms with Gasteiger partial charge in [0.05, 0.1) is 6.42 Å². The summed E-state index contributed by atoms with van der Waals surface area (Å²) in [5.41, 5.74) is 0.475. The summed E-state index contributed by atoms with van der Waals surface area (Å²) in [5.74, 6) is 0.364. The van der Waals surface area contributed by atoms with Crippen LogP contribution in [0.1, 0.15) is 48.7 Å². The van der Waals surface area contributed by atoms with Gasteiger partial charge < -0.3 is 24.0 Å². The molecule has 0 aliphatic carbocycles. The average Bonchev–Trinajstić information content (AvgIpc) is 2.71. The van der Waals surface area contributed by atoms with Crippen LogP contribution in [0.25, 0.3) is 0 Å². The van der Waals surface area contributed by atoms with Crippen molar-refractivity contribution in [2.45, 2.75) is 44.8 Å². The molecule has 168 valence electrons. The summed E-state index contributed by atoms with van der Waals surface area (Å²) in [7, 11) is 0. The number of aromatic hydroxyl groups is 1. The van der Waals surface area contributed by atoms with Crippen LogP contribution < -0.4 is 15.0 Å². The lowest BCUT2D eigenvalue weighted by Crippen LogP contribution is -2.50. The second-order valence-corrected chi connectivity index (χ2v) is 9.56. The molecule has 8 nitrogen and oxygen atoms in total. The minimum absolute atomic E-state index is 0.0106. The topological polar surface area (TPSA) is 98.1 Å². The van der Waals surface area contributed by atoms with Gasteiger partial charge >= 0.3 is 0 Å². The number of hydrogen-bond donors (Lipinski definition) is 1. The second kappa shape index (κ2) is 7.39. The van der Waals surface area contributed by atoms with Crippen LogP contribution >= 0.6 is 0 Å². The van der Waals surface area contributed by atoms with Gasteiger partial charge in [-0.05, 0) is 32.3 Å². The number of Topliss-reactive ketones (excluding diaryl/α,β-unsaturated/α-hetero) is 1. The van der Waals surface area contributed by atoms with Crippen LogP contribution in [0.2, 0.25) is 0 Å². The van der Waals surface area contributed by atoms with Crippen LogP contribution in [0, 0.1) is 5.92 Å². The molecule has 32 heavy (non-hydrogen) atoms. The monoisotopic (exact) mass is 438 g/mol. The number of aromatic nitrogens is 1. The van der Waals surface area contributed by atoms with Crippen LogP contribution in [-0.2, 0) is 11.3 Å². The third kappa shape index (κ3) is 3.63. The predicted molar refractivity (Wildman–Crippen MR) is 115 cm³/mol. The number of ketones is 1. The summed E-state index contributed by atoms with van der Waals surface area (Å²) in [6.07, 6.45) is 1.15. The van der Waals surface area contributed by atoms with E-state index < -0.39 is 5.60 Å². The zero-order chi connectivity index (χ0) is 22.6. The highest BCUT2D eigenvalue weighted by atomic mass is 16.5. The Morgan fingerprint density at radius 1 is 1.22 bits per heavy atom. The molecule has 2 atom stereocenters. The van der Waals surface area contributed by atoms with Crippen LogP contribution in [0.3, 0.4) is 0 Å². The molecule has 1 amide bonds. The first-order valence-corrected chi connectivity index (χ1v) is 10.9. The molecule has 0 spiro atoms. The highest BCUT2D eigenvalue weighted by Crippen LogP contribution is 2.41. The van der Waals surface area contributed by atoms with Gasteiger partial charge in [-0.2, -0.15) is 0 Å². The average molecular weight is 438 g/mol. The summed E-state index contributed by atoms with van der Waals surface area (Å²) >= 11 is 0.